The van der Waals surface area contributed by atoms with Crippen LogP contribution in [-0.2, 0) is 4.74 Å². The first kappa shape index (κ1) is 11.5. The van der Waals surface area contributed by atoms with Gasteiger partial charge in [0.15, 0.2) is 0 Å². The molecule has 0 fully saturated rings. The molecule has 0 saturated heterocycles. The number of hydrogen-bond donors (Lipinski definition) is 0. The molecular formula is C12H15BrO. The fourth-order valence-corrected chi connectivity index (χ4v) is 1.81. The van der Waals surface area contributed by atoms with Crippen LogP contribution in [0.15, 0.2) is 43.0 Å². The normalized spacial score (nSPS) is 12.4. The number of ether oxygens (including phenoxy) is 1. The minimum absolute atomic E-state index is 0.427. The molecule has 1 rings (SSSR count). The first-order valence-corrected chi connectivity index (χ1v) is 5.80. The molecule has 0 aliphatic carbocycles. The van der Waals surface area contributed by atoms with Crippen LogP contribution in [0.2, 0.25) is 0 Å². The van der Waals surface area contributed by atoms with Crippen molar-refractivity contribution in [1.82, 2.24) is 0 Å². The summed E-state index contributed by atoms with van der Waals surface area (Å²) < 4.78 is 5.44. The number of halogens is 1. The predicted octanol–water partition coefficient (Wildman–Crippen LogP) is 3.37. The number of benzene rings is 1. The standard InChI is InChI=1S/C12H15BrO/c1-2-8-14-10-12(9-13)11-6-4-3-5-7-11/h2-7,12H,1,8-10H2. The summed E-state index contributed by atoms with van der Waals surface area (Å²) in [6.07, 6.45) is 1.77. The van der Waals surface area contributed by atoms with E-state index in [1.807, 2.05) is 6.07 Å². The van der Waals surface area contributed by atoms with Gasteiger partial charge in [0.05, 0.1) is 13.2 Å². The summed E-state index contributed by atoms with van der Waals surface area (Å²) in [5.41, 5.74) is 1.31. The molecule has 0 aromatic heterocycles. The third-order valence-electron chi connectivity index (χ3n) is 2.01. The number of rotatable bonds is 6. The number of alkyl halides is 1. The Morgan fingerprint density at radius 1 is 1.36 bits per heavy atom. The lowest BCUT2D eigenvalue weighted by Gasteiger charge is -2.13. The highest BCUT2D eigenvalue weighted by atomic mass is 79.9. The van der Waals surface area contributed by atoms with E-state index < -0.39 is 0 Å². The third kappa shape index (κ3) is 3.64. The van der Waals surface area contributed by atoms with Crippen molar-refractivity contribution >= 4 is 15.9 Å². The Labute approximate surface area is 93.9 Å². The minimum Gasteiger partial charge on any atom is -0.377 e. The van der Waals surface area contributed by atoms with Crippen LogP contribution < -0.4 is 0 Å². The highest BCUT2D eigenvalue weighted by Crippen LogP contribution is 2.18. The summed E-state index contributed by atoms with van der Waals surface area (Å²) >= 11 is 3.50. The first-order valence-electron chi connectivity index (χ1n) is 4.68. The fraction of sp³-hybridized carbons (Fsp3) is 0.333. The monoisotopic (exact) mass is 254 g/mol. The van der Waals surface area contributed by atoms with Crippen LogP contribution in [0.4, 0.5) is 0 Å². The summed E-state index contributed by atoms with van der Waals surface area (Å²) in [4.78, 5) is 0. The molecule has 1 aromatic carbocycles. The zero-order valence-electron chi connectivity index (χ0n) is 8.16. The van der Waals surface area contributed by atoms with Crippen LogP contribution in [0.5, 0.6) is 0 Å². The lowest BCUT2D eigenvalue weighted by atomic mass is 10.0. The molecule has 14 heavy (non-hydrogen) atoms. The van der Waals surface area contributed by atoms with E-state index in [2.05, 4.69) is 46.8 Å². The van der Waals surface area contributed by atoms with Gasteiger partial charge in [-0.25, -0.2) is 0 Å². The zero-order valence-corrected chi connectivity index (χ0v) is 9.74. The Balaban J connectivity index is 2.50. The minimum atomic E-state index is 0.427. The van der Waals surface area contributed by atoms with E-state index in [-0.39, 0.29) is 0 Å². The number of hydrogen-bond acceptors (Lipinski definition) is 1. The van der Waals surface area contributed by atoms with Crippen molar-refractivity contribution in [3.05, 3.63) is 48.6 Å². The van der Waals surface area contributed by atoms with Crippen molar-refractivity contribution in [1.29, 1.82) is 0 Å². The summed E-state index contributed by atoms with van der Waals surface area (Å²) in [5.74, 6) is 0.427. The maximum absolute atomic E-state index is 5.44. The summed E-state index contributed by atoms with van der Waals surface area (Å²) in [7, 11) is 0. The van der Waals surface area contributed by atoms with Crippen LogP contribution in [-0.4, -0.2) is 18.5 Å². The average molecular weight is 255 g/mol. The Morgan fingerprint density at radius 2 is 2.07 bits per heavy atom. The molecule has 0 bridgehead atoms. The van der Waals surface area contributed by atoms with Gasteiger partial charge < -0.3 is 4.74 Å². The van der Waals surface area contributed by atoms with Crippen molar-refractivity contribution in [3.8, 4) is 0 Å². The molecule has 1 unspecified atom stereocenters. The molecule has 0 amide bonds. The molecule has 1 atom stereocenters. The maximum Gasteiger partial charge on any atom is 0.0645 e. The molecule has 0 saturated carbocycles. The van der Waals surface area contributed by atoms with Gasteiger partial charge >= 0.3 is 0 Å². The van der Waals surface area contributed by atoms with Crippen molar-refractivity contribution in [2.24, 2.45) is 0 Å². The van der Waals surface area contributed by atoms with Gasteiger partial charge in [0, 0.05) is 11.2 Å². The third-order valence-corrected chi connectivity index (χ3v) is 2.79. The zero-order chi connectivity index (χ0) is 10.2. The molecule has 1 nitrogen and oxygen atoms in total. The van der Waals surface area contributed by atoms with E-state index in [0.717, 1.165) is 11.9 Å². The van der Waals surface area contributed by atoms with Gasteiger partial charge in [-0.1, -0.05) is 52.3 Å². The van der Waals surface area contributed by atoms with Crippen LogP contribution in [0, 0.1) is 0 Å². The second-order valence-corrected chi connectivity index (χ2v) is 3.74. The second kappa shape index (κ2) is 6.80. The van der Waals surface area contributed by atoms with Gasteiger partial charge in [0.2, 0.25) is 0 Å². The van der Waals surface area contributed by atoms with Crippen molar-refractivity contribution in [3.63, 3.8) is 0 Å². The second-order valence-electron chi connectivity index (χ2n) is 3.09. The van der Waals surface area contributed by atoms with Crippen LogP contribution in [0.25, 0.3) is 0 Å². The van der Waals surface area contributed by atoms with Crippen LogP contribution in [0.3, 0.4) is 0 Å². The Kier molecular flexibility index (Phi) is 5.57. The quantitative estimate of drug-likeness (QED) is 0.430. The maximum atomic E-state index is 5.44. The highest BCUT2D eigenvalue weighted by Gasteiger charge is 2.08. The summed E-state index contributed by atoms with van der Waals surface area (Å²) in [6.45, 7) is 4.98. The highest BCUT2D eigenvalue weighted by molar-refractivity contribution is 9.09. The Bertz CT molecular complexity index is 258. The van der Waals surface area contributed by atoms with E-state index in [9.17, 15) is 0 Å². The van der Waals surface area contributed by atoms with Gasteiger partial charge in [-0.05, 0) is 5.56 Å². The molecule has 0 radical (unpaired) electrons. The molecule has 0 spiro atoms. The van der Waals surface area contributed by atoms with Gasteiger partial charge in [0.1, 0.15) is 0 Å². The average Bonchev–Trinajstić information content (AvgIpc) is 2.26. The molecule has 0 heterocycles. The predicted molar refractivity (Wildman–Crippen MR) is 64.0 cm³/mol. The van der Waals surface area contributed by atoms with E-state index in [1.165, 1.54) is 5.56 Å². The molecule has 0 N–H and O–H groups in total. The Hall–Kier alpha value is -0.600. The molecule has 1 aromatic rings. The van der Waals surface area contributed by atoms with E-state index in [4.69, 9.17) is 4.74 Å². The molecule has 0 aliphatic rings. The van der Waals surface area contributed by atoms with Gasteiger partial charge in [-0.15, -0.1) is 6.58 Å². The largest absolute Gasteiger partial charge is 0.377 e. The fourth-order valence-electron chi connectivity index (χ4n) is 1.25. The van der Waals surface area contributed by atoms with Crippen molar-refractivity contribution in [2.45, 2.75) is 5.92 Å². The lowest BCUT2D eigenvalue weighted by Crippen LogP contribution is -2.09. The van der Waals surface area contributed by atoms with Crippen molar-refractivity contribution < 1.29 is 4.74 Å². The van der Waals surface area contributed by atoms with E-state index >= 15 is 0 Å². The smallest absolute Gasteiger partial charge is 0.0645 e. The molecule has 2 heteroatoms. The van der Waals surface area contributed by atoms with Crippen LogP contribution >= 0.6 is 15.9 Å². The molecule has 76 valence electrons. The topological polar surface area (TPSA) is 9.23 Å². The van der Waals surface area contributed by atoms with Gasteiger partial charge in [-0.2, -0.15) is 0 Å². The summed E-state index contributed by atoms with van der Waals surface area (Å²) in [5, 5.41) is 0.925. The SMILES string of the molecule is C=CCOCC(CBr)c1ccccc1. The first-order chi connectivity index (χ1) is 6.88. The van der Waals surface area contributed by atoms with Crippen LogP contribution in [0.1, 0.15) is 11.5 Å². The summed E-state index contributed by atoms with van der Waals surface area (Å²) in [6, 6.07) is 10.4. The van der Waals surface area contributed by atoms with E-state index in [0.29, 0.717) is 12.5 Å². The van der Waals surface area contributed by atoms with Gasteiger partial charge in [-0.3, -0.25) is 0 Å². The van der Waals surface area contributed by atoms with Crippen molar-refractivity contribution in [2.75, 3.05) is 18.5 Å². The van der Waals surface area contributed by atoms with Gasteiger partial charge in [0.25, 0.3) is 0 Å². The molecular weight excluding hydrogens is 240 g/mol. The van der Waals surface area contributed by atoms with E-state index in [1.54, 1.807) is 6.08 Å². The lowest BCUT2D eigenvalue weighted by molar-refractivity contribution is 0.151. The molecule has 0 aliphatic heterocycles. The Morgan fingerprint density at radius 3 is 2.64 bits per heavy atom.